The number of nitrogens with zero attached hydrogens (tertiary/aromatic N) is 4. The van der Waals surface area contributed by atoms with Crippen molar-refractivity contribution in [1.29, 1.82) is 0 Å². The molecule has 1 aliphatic heterocycles. The molecule has 0 unspecified atom stereocenters. The van der Waals surface area contributed by atoms with Gasteiger partial charge in [0.15, 0.2) is 0 Å². The number of nitrogens with one attached hydrogen (secondary N) is 1. The molecule has 2 amide bonds. The van der Waals surface area contributed by atoms with Crippen LogP contribution in [0.2, 0.25) is 0 Å². The number of benzene rings is 3. The van der Waals surface area contributed by atoms with Gasteiger partial charge >= 0.3 is 6.09 Å². The molecule has 1 aliphatic carbocycles. The minimum atomic E-state index is -0.313. The number of amides is 2. The zero-order chi connectivity index (χ0) is 32.6. The third kappa shape index (κ3) is 8.10. The Morgan fingerprint density at radius 1 is 0.830 bits per heavy atom. The van der Waals surface area contributed by atoms with Crippen LogP contribution in [0.5, 0.6) is 0 Å². The first kappa shape index (κ1) is 32.1. The molecule has 0 atom stereocenters. The molecule has 9 heteroatoms. The number of anilines is 3. The highest BCUT2D eigenvalue weighted by atomic mass is 16.5. The topological polar surface area (TPSA) is 104 Å². The fraction of sp³-hybridized carbons (Fsp3) is 0.342. The van der Waals surface area contributed by atoms with E-state index in [1.165, 1.54) is 7.11 Å². The van der Waals surface area contributed by atoms with Crippen LogP contribution in [0, 0.1) is 0 Å². The van der Waals surface area contributed by atoms with Crippen LogP contribution in [0.4, 0.5) is 22.0 Å². The number of nitrogens with two attached hydrogens (primary N) is 1. The Morgan fingerprint density at radius 3 is 2.26 bits per heavy atom. The summed E-state index contributed by atoms with van der Waals surface area (Å²) in [5, 5.41) is 3.24. The molecular weight excluding hydrogens is 588 g/mol. The van der Waals surface area contributed by atoms with E-state index in [0.29, 0.717) is 13.0 Å². The van der Waals surface area contributed by atoms with Gasteiger partial charge in [0.25, 0.3) is 0 Å². The lowest BCUT2D eigenvalue weighted by Crippen LogP contribution is -2.47. The summed E-state index contributed by atoms with van der Waals surface area (Å²) in [4.78, 5) is 37.2. The van der Waals surface area contributed by atoms with Crippen LogP contribution in [0.3, 0.4) is 0 Å². The van der Waals surface area contributed by atoms with Crippen molar-refractivity contribution in [3.63, 3.8) is 0 Å². The average Bonchev–Trinajstić information content (AvgIpc) is 3.12. The van der Waals surface area contributed by atoms with Crippen LogP contribution in [0.25, 0.3) is 11.1 Å². The van der Waals surface area contributed by atoms with Crippen LogP contribution < -0.4 is 20.9 Å². The molecule has 2 heterocycles. The van der Waals surface area contributed by atoms with Gasteiger partial charge in [-0.3, -0.25) is 4.79 Å². The lowest BCUT2D eigenvalue weighted by Gasteiger charge is -2.37. The number of hydrogen-bond donors (Lipinski definition) is 2. The van der Waals surface area contributed by atoms with E-state index in [-0.39, 0.29) is 24.1 Å². The van der Waals surface area contributed by atoms with E-state index in [1.807, 2.05) is 71.8 Å². The van der Waals surface area contributed by atoms with Gasteiger partial charge in [0.1, 0.15) is 5.82 Å². The predicted octanol–water partition coefficient (Wildman–Crippen LogP) is 6.09. The molecule has 1 aromatic heterocycles. The minimum Gasteiger partial charge on any atom is -0.453 e. The minimum absolute atomic E-state index is 0.0589. The summed E-state index contributed by atoms with van der Waals surface area (Å²) in [7, 11) is 1.44. The van der Waals surface area contributed by atoms with Crippen LogP contribution in [0.15, 0.2) is 97.2 Å². The van der Waals surface area contributed by atoms with E-state index < -0.39 is 0 Å². The molecule has 4 aromatic rings. The number of piperazine rings is 1. The van der Waals surface area contributed by atoms with Gasteiger partial charge in [-0.1, -0.05) is 60.7 Å². The van der Waals surface area contributed by atoms with E-state index in [1.54, 1.807) is 0 Å². The van der Waals surface area contributed by atoms with E-state index in [0.717, 1.165) is 91.3 Å². The third-order valence-electron chi connectivity index (χ3n) is 9.28. The third-order valence-corrected chi connectivity index (χ3v) is 9.28. The Morgan fingerprint density at radius 2 is 1.53 bits per heavy atom. The molecule has 1 saturated carbocycles. The van der Waals surface area contributed by atoms with Crippen molar-refractivity contribution in [2.45, 2.75) is 50.7 Å². The Bertz CT molecular complexity index is 1630. The number of carbonyl (C=O) groups excluding carboxylic acids is 2. The molecule has 9 nitrogen and oxygen atoms in total. The Kier molecular flexibility index (Phi) is 10.3. The monoisotopic (exact) mass is 632 g/mol. The molecule has 0 bridgehead atoms. The second kappa shape index (κ2) is 15.1. The Labute approximate surface area is 277 Å². The summed E-state index contributed by atoms with van der Waals surface area (Å²) in [5.74, 6) is 0.924. The quantitative estimate of drug-likeness (QED) is 0.230. The molecule has 0 radical (unpaired) electrons. The summed E-state index contributed by atoms with van der Waals surface area (Å²) in [6.07, 6.45) is 5.37. The first-order valence-corrected chi connectivity index (χ1v) is 16.5. The van der Waals surface area contributed by atoms with Gasteiger partial charge in [-0.2, -0.15) is 0 Å². The summed E-state index contributed by atoms with van der Waals surface area (Å²) >= 11 is 0. The zero-order valence-electron chi connectivity index (χ0n) is 27.1. The van der Waals surface area contributed by atoms with E-state index in [4.69, 9.17) is 10.5 Å². The molecule has 3 aromatic carbocycles. The molecule has 2 fully saturated rings. The van der Waals surface area contributed by atoms with Gasteiger partial charge in [0, 0.05) is 51.0 Å². The largest absolute Gasteiger partial charge is 0.453 e. The number of hydrogen-bond acceptors (Lipinski definition) is 7. The van der Waals surface area contributed by atoms with Gasteiger partial charge in [-0.25, -0.2) is 9.78 Å². The number of ether oxygens (including phenoxy) is 1. The molecular formula is C38H44N6O3. The number of carbonyl (C=O) groups is 2. The van der Waals surface area contributed by atoms with Gasteiger partial charge in [-0.05, 0) is 78.3 Å². The van der Waals surface area contributed by atoms with Crippen LogP contribution in [-0.4, -0.2) is 67.3 Å². The average molecular weight is 633 g/mol. The van der Waals surface area contributed by atoms with Crippen LogP contribution >= 0.6 is 0 Å². The first-order chi connectivity index (χ1) is 23.0. The molecule has 244 valence electrons. The lowest BCUT2D eigenvalue weighted by molar-refractivity contribution is -0.115. The Balaban J connectivity index is 1.24. The van der Waals surface area contributed by atoms with E-state index >= 15 is 0 Å². The standard InChI is InChI=1S/C38H44N6O3/c1-47-38(46)44(33-16-14-32(39)15-17-33)27-29-10-7-11-30(24-29)31-13-18-35(34(26-31)41-37(45)25-28-8-3-2-4-9-28)42-20-22-43(23-21-42)36-12-5-6-19-40-36/h2-13,18-19,24,26,32-33H,14-17,20-23,25,27,39H2,1H3,(H,41,45). The molecule has 2 aliphatic rings. The van der Waals surface area contributed by atoms with Crippen molar-refractivity contribution in [2.24, 2.45) is 5.73 Å². The van der Waals surface area contributed by atoms with Crippen molar-refractivity contribution in [1.82, 2.24) is 9.88 Å². The van der Waals surface area contributed by atoms with E-state index in [2.05, 4.69) is 50.4 Å². The van der Waals surface area contributed by atoms with Gasteiger partial charge in [0.2, 0.25) is 5.91 Å². The first-order valence-electron chi connectivity index (χ1n) is 16.5. The molecule has 47 heavy (non-hydrogen) atoms. The smallest absolute Gasteiger partial charge is 0.410 e. The van der Waals surface area contributed by atoms with Crippen molar-refractivity contribution in [3.05, 3.63) is 108 Å². The van der Waals surface area contributed by atoms with E-state index in [9.17, 15) is 9.59 Å². The predicted molar refractivity (Wildman–Crippen MR) is 187 cm³/mol. The summed E-state index contributed by atoms with van der Waals surface area (Å²) in [5.41, 5.74) is 11.9. The maximum absolute atomic E-state index is 13.3. The zero-order valence-corrected chi connectivity index (χ0v) is 27.1. The van der Waals surface area contributed by atoms with Crippen LogP contribution in [0.1, 0.15) is 36.8 Å². The summed E-state index contributed by atoms with van der Waals surface area (Å²) < 4.78 is 5.18. The fourth-order valence-electron chi connectivity index (χ4n) is 6.70. The summed E-state index contributed by atoms with van der Waals surface area (Å²) in [6.45, 7) is 3.74. The highest BCUT2D eigenvalue weighted by Crippen LogP contribution is 2.34. The number of methoxy groups -OCH3 is 1. The van der Waals surface area contributed by atoms with Crippen molar-refractivity contribution in [3.8, 4) is 11.1 Å². The maximum atomic E-state index is 13.3. The van der Waals surface area contributed by atoms with Crippen molar-refractivity contribution in [2.75, 3.05) is 48.4 Å². The molecule has 3 N–H and O–H groups in total. The summed E-state index contributed by atoms with van der Waals surface area (Å²) in [6, 6.07) is 30.7. The molecule has 0 spiro atoms. The van der Waals surface area contributed by atoms with Gasteiger partial charge in [0.05, 0.1) is 24.9 Å². The Hall–Kier alpha value is -4.89. The fourth-order valence-corrected chi connectivity index (χ4v) is 6.70. The second-order valence-corrected chi connectivity index (χ2v) is 12.5. The number of pyridine rings is 1. The van der Waals surface area contributed by atoms with Gasteiger partial charge < -0.3 is 30.5 Å². The van der Waals surface area contributed by atoms with Crippen molar-refractivity contribution < 1.29 is 14.3 Å². The molecule has 6 rings (SSSR count). The number of rotatable bonds is 9. The lowest BCUT2D eigenvalue weighted by atomic mass is 9.90. The SMILES string of the molecule is COC(=O)N(Cc1cccc(-c2ccc(N3CCN(c4ccccn4)CC3)c(NC(=O)Cc3ccccc3)c2)c1)C1CCC(N)CC1. The number of aromatic nitrogens is 1. The second-order valence-electron chi connectivity index (χ2n) is 12.5. The maximum Gasteiger partial charge on any atom is 0.410 e. The highest BCUT2D eigenvalue weighted by molar-refractivity contribution is 5.96. The highest BCUT2D eigenvalue weighted by Gasteiger charge is 2.29. The van der Waals surface area contributed by atoms with Gasteiger partial charge in [-0.15, -0.1) is 0 Å². The van der Waals surface area contributed by atoms with Crippen molar-refractivity contribution >= 4 is 29.2 Å². The molecule has 1 saturated heterocycles. The van der Waals surface area contributed by atoms with Crippen LogP contribution in [-0.2, 0) is 22.5 Å². The normalized spacial score (nSPS) is 18.0.